The van der Waals surface area contributed by atoms with E-state index in [1.165, 1.54) is 18.3 Å². The molecule has 10 heteroatoms. The van der Waals surface area contributed by atoms with Gasteiger partial charge in [0, 0.05) is 32.0 Å². The van der Waals surface area contributed by atoms with Gasteiger partial charge in [-0.1, -0.05) is 44.0 Å². The summed E-state index contributed by atoms with van der Waals surface area (Å²) >= 11 is 6.79. The second-order valence-electron chi connectivity index (χ2n) is 6.89. The zero-order valence-corrected chi connectivity index (χ0v) is 20.0. The lowest BCUT2D eigenvalue weighted by atomic mass is 10.2. The fourth-order valence-corrected chi connectivity index (χ4v) is 3.77. The van der Waals surface area contributed by atoms with Crippen LogP contribution in [0.3, 0.4) is 0 Å². The van der Waals surface area contributed by atoms with Gasteiger partial charge >= 0.3 is 5.91 Å². The van der Waals surface area contributed by atoms with Gasteiger partial charge in [0.05, 0.1) is 11.1 Å². The van der Waals surface area contributed by atoms with Crippen molar-refractivity contribution in [3.8, 4) is 5.75 Å². The van der Waals surface area contributed by atoms with Crippen molar-refractivity contribution >= 4 is 60.6 Å². The van der Waals surface area contributed by atoms with E-state index < -0.39 is 10.8 Å². The SMILES string of the molecule is O=C(N/N=C\c1cc(Br)ccc1OCc1cccc([N+](=O)[O-])c1)c1cc2cc(Br)ccc2o1. The number of carbonyl (C=O) groups is 1. The minimum absolute atomic E-state index is 0.00523. The van der Waals surface area contributed by atoms with E-state index in [9.17, 15) is 14.9 Å². The second-order valence-corrected chi connectivity index (χ2v) is 8.72. The molecule has 0 aliphatic rings. The van der Waals surface area contributed by atoms with Gasteiger partial charge in [0.1, 0.15) is 17.9 Å². The molecule has 0 aliphatic carbocycles. The van der Waals surface area contributed by atoms with Crippen LogP contribution in [0.1, 0.15) is 21.7 Å². The summed E-state index contributed by atoms with van der Waals surface area (Å²) in [5.74, 6) is 0.139. The van der Waals surface area contributed by atoms with Crippen molar-refractivity contribution in [2.24, 2.45) is 5.10 Å². The number of hydrogen-bond donors (Lipinski definition) is 1. The van der Waals surface area contributed by atoms with Crippen LogP contribution in [-0.4, -0.2) is 17.0 Å². The van der Waals surface area contributed by atoms with Gasteiger partial charge in [-0.25, -0.2) is 5.43 Å². The number of rotatable bonds is 7. The number of ether oxygens (including phenoxy) is 1. The summed E-state index contributed by atoms with van der Waals surface area (Å²) in [5.41, 5.74) is 4.28. The standard InChI is InChI=1S/C23H15Br2N3O5/c24-17-5-7-21-15(9-17)11-22(33-21)23(29)27-26-12-16-10-18(25)4-6-20(16)32-13-14-2-1-3-19(8-14)28(30)31/h1-12H,13H2,(H,27,29)/b26-12-. The van der Waals surface area contributed by atoms with Crippen molar-refractivity contribution < 1.29 is 18.9 Å². The number of benzene rings is 3. The number of furan rings is 1. The molecule has 0 bridgehead atoms. The molecule has 3 aromatic carbocycles. The Hall–Kier alpha value is -3.50. The van der Waals surface area contributed by atoms with Crippen LogP contribution >= 0.6 is 31.9 Å². The average Bonchev–Trinajstić information content (AvgIpc) is 3.22. The van der Waals surface area contributed by atoms with Crippen molar-refractivity contribution in [3.63, 3.8) is 0 Å². The highest BCUT2D eigenvalue weighted by Crippen LogP contribution is 2.25. The number of nitro groups is 1. The van der Waals surface area contributed by atoms with Crippen LogP contribution in [0, 0.1) is 10.1 Å². The van der Waals surface area contributed by atoms with E-state index in [2.05, 4.69) is 42.4 Å². The molecule has 0 fully saturated rings. The monoisotopic (exact) mass is 571 g/mol. The summed E-state index contributed by atoms with van der Waals surface area (Å²) in [6, 6.07) is 18.6. The van der Waals surface area contributed by atoms with Gasteiger partial charge in [0.25, 0.3) is 5.69 Å². The predicted octanol–water partition coefficient (Wildman–Crippen LogP) is 6.21. The van der Waals surface area contributed by atoms with E-state index in [-0.39, 0.29) is 18.1 Å². The average molecular weight is 573 g/mol. The molecule has 1 amide bonds. The molecule has 8 nitrogen and oxygen atoms in total. The largest absolute Gasteiger partial charge is 0.488 e. The topological polar surface area (TPSA) is 107 Å². The van der Waals surface area contributed by atoms with Gasteiger partial charge in [-0.3, -0.25) is 14.9 Å². The number of non-ortho nitro benzene ring substituents is 1. The summed E-state index contributed by atoms with van der Waals surface area (Å²) in [6.45, 7) is 0.130. The van der Waals surface area contributed by atoms with Crippen molar-refractivity contribution in [3.05, 3.63) is 103 Å². The molecule has 1 heterocycles. The molecule has 1 aromatic heterocycles. The summed E-state index contributed by atoms with van der Waals surface area (Å²) in [4.78, 5) is 22.9. The lowest BCUT2D eigenvalue weighted by Crippen LogP contribution is -2.16. The molecule has 33 heavy (non-hydrogen) atoms. The Morgan fingerprint density at radius 2 is 1.88 bits per heavy atom. The Morgan fingerprint density at radius 1 is 1.09 bits per heavy atom. The van der Waals surface area contributed by atoms with Crippen LogP contribution < -0.4 is 10.2 Å². The predicted molar refractivity (Wildman–Crippen MR) is 131 cm³/mol. The molecule has 0 saturated heterocycles. The van der Waals surface area contributed by atoms with Gasteiger partial charge in [-0.15, -0.1) is 0 Å². The number of carbonyl (C=O) groups excluding carboxylic acids is 1. The molecular weight excluding hydrogens is 558 g/mol. The third-order valence-electron chi connectivity index (χ3n) is 4.56. The van der Waals surface area contributed by atoms with Gasteiger partial charge in [-0.2, -0.15) is 5.10 Å². The highest BCUT2D eigenvalue weighted by molar-refractivity contribution is 9.10. The number of hydrazone groups is 1. The third-order valence-corrected chi connectivity index (χ3v) is 5.55. The lowest BCUT2D eigenvalue weighted by Gasteiger charge is -2.09. The third kappa shape index (κ3) is 5.65. The lowest BCUT2D eigenvalue weighted by molar-refractivity contribution is -0.384. The van der Waals surface area contributed by atoms with E-state index >= 15 is 0 Å². The zero-order chi connectivity index (χ0) is 23.4. The Kier molecular flexibility index (Phi) is 6.85. The van der Waals surface area contributed by atoms with Gasteiger partial charge in [-0.05, 0) is 48.0 Å². The molecule has 4 aromatic rings. The van der Waals surface area contributed by atoms with Gasteiger partial charge in [0.2, 0.25) is 0 Å². The van der Waals surface area contributed by atoms with Crippen LogP contribution in [-0.2, 0) is 6.61 Å². The maximum absolute atomic E-state index is 12.4. The molecule has 166 valence electrons. The molecule has 0 unspecified atom stereocenters. The van der Waals surface area contributed by atoms with E-state index in [0.717, 1.165) is 14.3 Å². The van der Waals surface area contributed by atoms with E-state index in [4.69, 9.17) is 9.15 Å². The number of hydrogen-bond acceptors (Lipinski definition) is 6. The Balaban J connectivity index is 1.46. The molecule has 0 atom stereocenters. The van der Waals surface area contributed by atoms with Crippen LogP contribution in [0.4, 0.5) is 5.69 Å². The molecule has 0 saturated carbocycles. The first-order valence-electron chi connectivity index (χ1n) is 9.57. The summed E-state index contributed by atoms with van der Waals surface area (Å²) in [5, 5.41) is 15.8. The van der Waals surface area contributed by atoms with Crippen LogP contribution in [0.15, 0.2) is 85.2 Å². The normalized spacial score (nSPS) is 11.1. The summed E-state index contributed by atoms with van der Waals surface area (Å²) in [7, 11) is 0. The van der Waals surface area contributed by atoms with Crippen molar-refractivity contribution in [1.29, 1.82) is 0 Å². The molecule has 1 N–H and O–H groups in total. The highest BCUT2D eigenvalue weighted by atomic mass is 79.9. The molecule has 4 rings (SSSR count). The van der Waals surface area contributed by atoms with Crippen LogP contribution in [0.5, 0.6) is 5.75 Å². The van der Waals surface area contributed by atoms with Gasteiger partial charge in [0.15, 0.2) is 5.76 Å². The summed E-state index contributed by atoms with van der Waals surface area (Å²) < 4.78 is 13.1. The van der Waals surface area contributed by atoms with Gasteiger partial charge < -0.3 is 9.15 Å². The van der Waals surface area contributed by atoms with Crippen molar-refractivity contribution in [1.82, 2.24) is 5.43 Å². The van der Waals surface area contributed by atoms with E-state index in [1.54, 1.807) is 42.5 Å². The minimum Gasteiger partial charge on any atom is -0.488 e. The molecular formula is C23H15Br2N3O5. The van der Waals surface area contributed by atoms with Crippen molar-refractivity contribution in [2.45, 2.75) is 6.61 Å². The quantitative estimate of drug-likeness (QED) is 0.161. The number of nitrogens with one attached hydrogen (secondary N) is 1. The smallest absolute Gasteiger partial charge is 0.307 e. The zero-order valence-electron chi connectivity index (χ0n) is 16.8. The highest BCUT2D eigenvalue weighted by Gasteiger charge is 2.12. The molecule has 0 spiro atoms. The first-order chi connectivity index (χ1) is 15.9. The summed E-state index contributed by atoms with van der Waals surface area (Å²) in [6.07, 6.45) is 1.45. The molecule has 0 radical (unpaired) electrons. The van der Waals surface area contributed by atoms with Crippen LogP contribution in [0.25, 0.3) is 11.0 Å². The number of amides is 1. The second kappa shape index (κ2) is 9.97. The van der Waals surface area contributed by atoms with E-state index in [1.807, 2.05) is 12.1 Å². The molecule has 0 aliphatic heterocycles. The maximum Gasteiger partial charge on any atom is 0.307 e. The number of fused-ring (bicyclic) bond motifs is 1. The first kappa shape index (κ1) is 22.7. The van der Waals surface area contributed by atoms with Crippen LogP contribution in [0.2, 0.25) is 0 Å². The van der Waals surface area contributed by atoms with E-state index in [0.29, 0.717) is 22.5 Å². The van der Waals surface area contributed by atoms with Crippen molar-refractivity contribution in [2.75, 3.05) is 0 Å². The Bertz CT molecular complexity index is 1380. The number of nitrogens with zero attached hydrogens (tertiary/aromatic N) is 2. The first-order valence-corrected chi connectivity index (χ1v) is 11.2. The maximum atomic E-state index is 12.4. The number of nitro benzene ring substituents is 1. The Labute approximate surface area is 204 Å². The Morgan fingerprint density at radius 3 is 2.70 bits per heavy atom. The minimum atomic E-state index is -0.493. The fraction of sp³-hybridized carbons (Fsp3) is 0.0435. The fourth-order valence-electron chi connectivity index (χ4n) is 3.01. The number of halogens is 2.